The largest absolute Gasteiger partial charge is 0.468 e. The summed E-state index contributed by atoms with van der Waals surface area (Å²) in [6, 6.07) is 24.1. The van der Waals surface area contributed by atoms with Crippen LogP contribution in [0, 0.1) is 0 Å². The summed E-state index contributed by atoms with van der Waals surface area (Å²) in [5, 5.41) is 0. The van der Waals surface area contributed by atoms with Gasteiger partial charge in [-0.25, -0.2) is 9.59 Å². The van der Waals surface area contributed by atoms with Gasteiger partial charge in [0.2, 0.25) is 0 Å². The van der Waals surface area contributed by atoms with Crippen molar-refractivity contribution in [3.05, 3.63) is 90.0 Å². The van der Waals surface area contributed by atoms with Gasteiger partial charge in [-0.05, 0) is 56.0 Å². The van der Waals surface area contributed by atoms with Gasteiger partial charge in [-0.15, -0.1) is 0 Å². The van der Waals surface area contributed by atoms with E-state index in [1.54, 1.807) is 0 Å². The van der Waals surface area contributed by atoms with E-state index in [0.29, 0.717) is 5.69 Å². The van der Waals surface area contributed by atoms with Crippen molar-refractivity contribution in [2.45, 2.75) is 57.4 Å². The molecular formula is C30H32BNO6. The molecule has 3 aromatic rings. The molecule has 1 unspecified atom stereocenters. The van der Waals surface area contributed by atoms with Gasteiger partial charge in [0.1, 0.15) is 12.6 Å². The van der Waals surface area contributed by atoms with Crippen LogP contribution >= 0.6 is 0 Å². The summed E-state index contributed by atoms with van der Waals surface area (Å²) in [6.45, 7) is 7.90. The molecule has 38 heavy (non-hydrogen) atoms. The predicted molar refractivity (Wildman–Crippen MR) is 146 cm³/mol. The Balaban J connectivity index is 1.59. The van der Waals surface area contributed by atoms with Crippen molar-refractivity contribution in [3.8, 4) is 11.1 Å². The summed E-state index contributed by atoms with van der Waals surface area (Å²) in [7, 11) is 0.535. The fraction of sp³-hybridized carbons (Fsp3) is 0.333. The van der Waals surface area contributed by atoms with E-state index in [4.69, 9.17) is 18.8 Å². The lowest BCUT2D eigenvalue weighted by Gasteiger charge is -2.32. The molecule has 0 spiro atoms. The van der Waals surface area contributed by atoms with Crippen LogP contribution in [0.1, 0.15) is 44.6 Å². The molecule has 2 aliphatic heterocycles. The van der Waals surface area contributed by atoms with E-state index in [-0.39, 0.29) is 6.61 Å². The minimum Gasteiger partial charge on any atom is -0.467 e. The van der Waals surface area contributed by atoms with Crippen LogP contribution in [0.25, 0.3) is 11.1 Å². The zero-order chi connectivity index (χ0) is 27.1. The Kier molecular flexibility index (Phi) is 6.80. The summed E-state index contributed by atoms with van der Waals surface area (Å²) in [5.41, 5.74) is 2.82. The molecule has 2 heterocycles. The number of methoxy groups -OCH3 is 1. The molecule has 0 radical (unpaired) electrons. The summed E-state index contributed by atoms with van der Waals surface area (Å²) < 4.78 is 23.7. The smallest absolute Gasteiger partial charge is 0.467 e. The highest BCUT2D eigenvalue weighted by Gasteiger charge is 2.61. The zero-order valence-corrected chi connectivity index (χ0v) is 22.3. The Bertz CT molecular complexity index is 1310. The molecule has 196 valence electrons. The second-order valence-electron chi connectivity index (χ2n) is 10.7. The lowest BCUT2D eigenvalue weighted by molar-refractivity contribution is -0.142. The number of ether oxygens (including phenoxy) is 2. The number of hydrogen-bond acceptors (Lipinski definition) is 6. The molecule has 2 aliphatic rings. The van der Waals surface area contributed by atoms with E-state index in [2.05, 4.69) is 0 Å². The highest BCUT2D eigenvalue weighted by atomic mass is 16.7. The first-order chi connectivity index (χ1) is 18.1. The van der Waals surface area contributed by atoms with E-state index < -0.39 is 42.2 Å². The SMILES string of the molecule is COC(=O)C1[C@@H](B2OC(C)(C)C(C)(C)O2)c2ccc(-c3ccccc3)cc2N1C(=O)OCc1ccccc1. The van der Waals surface area contributed by atoms with Gasteiger partial charge < -0.3 is 18.8 Å². The second kappa shape index (κ2) is 9.93. The minimum atomic E-state index is -1.03. The third-order valence-corrected chi connectivity index (χ3v) is 7.78. The van der Waals surface area contributed by atoms with Crippen LogP contribution in [0.4, 0.5) is 10.5 Å². The van der Waals surface area contributed by atoms with E-state index >= 15 is 0 Å². The number of carbonyl (C=O) groups is 2. The van der Waals surface area contributed by atoms with Crippen LogP contribution < -0.4 is 4.90 Å². The number of benzene rings is 3. The molecule has 3 aromatic carbocycles. The third-order valence-electron chi connectivity index (χ3n) is 7.78. The van der Waals surface area contributed by atoms with Crippen molar-refractivity contribution >= 4 is 24.9 Å². The Morgan fingerprint density at radius 3 is 2.08 bits per heavy atom. The average Bonchev–Trinajstić information content (AvgIpc) is 3.37. The maximum atomic E-state index is 13.7. The van der Waals surface area contributed by atoms with E-state index in [0.717, 1.165) is 22.3 Å². The number of rotatable bonds is 5. The summed E-state index contributed by atoms with van der Waals surface area (Å²) in [6.07, 6.45) is -0.644. The summed E-state index contributed by atoms with van der Waals surface area (Å²) in [5.74, 6) is -1.19. The molecule has 0 saturated carbocycles. The summed E-state index contributed by atoms with van der Waals surface area (Å²) >= 11 is 0. The standard InChI is InChI=1S/C30H32BNO6/c1-29(2)30(3,4)38-31(37-29)25-23-17-16-22(21-14-10-7-11-15-21)18-24(23)32(26(25)27(33)35-5)28(34)36-19-20-12-8-6-9-13-20/h6-18,25-26H,19H2,1-5H3/t25-,26?/m0/s1. The fourth-order valence-electron chi connectivity index (χ4n) is 5.03. The molecule has 0 aromatic heterocycles. The van der Waals surface area contributed by atoms with Gasteiger partial charge >= 0.3 is 19.2 Å². The first-order valence-corrected chi connectivity index (χ1v) is 12.8. The van der Waals surface area contributed by atoms with Gasteiger partial charge in [0.15, 0.2) is 0 Å². The van der Waals surface area contributed by atoms with Crippen LogP contribution in [0.2, 0.25) is 0 Å². The Morgan fingerprint density at radius 2 is 1.47 bits per heavy atom. The number of carbonyl (C=O) groups excluding carboxylic acids is 2. The molecule has 7 nitrogen and oxygen atoms in total. The van der Waals surface area contributed by atoms with Crippen molar-refractivity contribution in [1.29, 1.82) is 0 Å². The van der Waals surface area contributed by atoms with Crippen molar-refractivity contribution in [2.75, 3.05) is 12.0 Å². The molecule has 2 atom stereocenters. The number of esters is 1. The second-order valence-corrected chi connectivity index (χ2v) is 10.7. The minimum absolute atomic E-state index is 0.0684. The number of fused-ring (bicyclic) bond motifs is 1. The number of anilines is 1. The van der Waals surface area contributed by atoms with Crippen LogP contribution in [-0.4, -0.2) is 43.5 Å². The molecular weight excluding hydrogens is 481 g/mol. The number of hydrogen-bond donors (Lipinski definition) is 0. The molecule has 0 N–H and O–H groups in total. The van der Waals surface area contributed by atoms with E-state index in [1.165, 1.54) is 12.0 Å². The van der Waals surface area contributed by atoms with Crippen LogP contribution in [-0.2, 0) is 30.2 Å². The van der Waals surface area contributed by atoms with Crippen LogP contribution in [0.5, 0.6) is 0 Å². The molecule has 0 bridgehead atoms. The highest BCUT2D eigenvalue weighted by Crippen LogP contribution is 2.49. The monoisotopic (exact) mass is 513 g/mol. The van der Waals surface area contributed by atoms with E-state index in [1.807, 2.05) is 107 Å². The third kappa shape index (κ3) is 4.59. The highest BCUT2D eigenvalue weighted by molar-refractivity contribution is 6.49. The van der Waals surface area contributed by atoms with Gasteiger partial charge in [0, 0.05) is 0 Å². The Labute approximate surface area is 223 Å². The molecule has 0 aliphatic carbocycles. The molecule has 1 saturated heterocycles. The maximum Gasteiger partial charge on any atom is 0.468 e. The van der Waals surface area contributed by atoms with Crippen molar-refractivity contribution in [2.24, 2.45) is 0 Å². The zero-order valence-electron chi connectivity index (χ0n) is 22.3. The van der Waals surface area contributed by atoms with Gasteiger partial charge in [0.25, 0.3) is 0 Å². The first-order valence-electron chi connectivity index (χ1n) is 12.8. The Hall–Kier alpha value is -3.62. The number of nitrogens with zero attached hydrogens (tertiary/aromatic N) is 1. The first kappa shape index (κ1) is 26.0. The van der Waals surface area contributed by atoms with Crippen molar-refractivity contribution < 1.29 is 28.4 Å². The average molecular weight is 513 g/mol. The van der Waals surface area contributed by atoms with Crippen LogP contribution in [0.3, 0.4) is 0 Å². The lowest BCUT2D eigenvalue weighted by atomic mass is 9.65. The van der Waals surface area contributed by atoms with Gasteiger partial charge in [-0.3, -0.25) is 4.90 Å². The molecule has 5 rings (SSSR count). The molecule has 1 fully saturated rings. The number of amides is 1. The Morgan fingerprint density at radius 1 is 0.868 bits per heavy atom. The predicted octanol–water partition coefficient (Wildman–Crippen LogP) is 5.77. The topological polar surface area (TPSA) is 74.3 Å². The molecule has 8 heteroatoms. The normalized spacial score (nSPS) is 21.2. The summed E-state index contributed by atoms with van der Waals surface area (Å²) in [4.78, 5) is 28.4. The van der Waals surface area contributed by atoms with Crippen LogP contribution in [0.15, 0.2) is 78.9 Å². The molecule has 1 amide bonds. The quantitative estimate of drug-likeness (QED) is 0.319. The van der Waals surface area contributed by atoms with Gasteiger partial charge in [-0.1, -0.05) is 72.8 Å². The fourth-order valence-corrected chi connectivity index (χ4v) is 5.03. The lowest BCUT2D eigenvalue weighted by Crippen LogP contribution is -2.49. The maximum absolute atomic E-state index is 13.7. The van der Waals surface area contributed by atoms with Crippen molar-refractivity contribution in [1.82, 2.24) is 0 Å². The van der Waals surface area contributed by atoms with E-state index in [9.17, 15) is 9.59 Å². The van der Waals surface area contributed by atoms with Gasteiger partial charge in [-0.2, -0.15) is 0 Å². The van der Waals surface area contributed by atoms with Crippen molar-refractivity contribution in [3.63, 3.8) is 0 Å². The van der Waals surface area contributed by atoms with Gasteiger partial charge in [0.05, 0.1) is 29.8 Å².